The molecule has 42 valence electrons. The van der Waals surface area contributed by atoms with Crippen molar-refractivity contribution in [2.45, 2.75) is 13.8 Å². The van der Waals surface area contributed by atoms with Crippen LogP contribution < -0.4 is 0 Å². The zero-order valence-electron chi connectivity index (χ0n) is 10.6. The van der Waals surface area contributed by atoms with Crippen LogP contribution >= 0.6 is 0 Å². The molecule has 0 saturated heterocycles. The molecule has 0 saturated carbocycles. The molecule has 0 aromatic heterocycles. The molecule has 0 aliphatic carbocycles. The Morgan fingerprint density at radius 1 is 1.38 bits per heavy atom. The molecule has 0 nitrogen and oxygen atoms in total. The minimum Gasteiger partial charge on any atom is -0.0591 e. The predicted molar refractivity (Wildman–Crippen MR) is 35.9 cm³/mol. The third kappa shape index (κ3) is 1.09. The Bertz CT molecular complexity index is 365. The lowest BCUT2D eigenvalue weighted by molar-refractivity contribution is 1.40. The second-order valence-corrected chi connectivity index (χ2v) is 1.58. The first-order chi connectivity index (χ1) is 6.25. The highest BCUT2D eigenvalue weighted by Crippen LogP contribution is 1.99. The van der Waals surface area contributed by atoms with E-state index >= 15 is 0 Å². The molecular weight excluding hydrogens is 96.1 g/mol. The van der Waals surface area contributed by atoms with Crippen LogP contribution in [-0.2, 0) is 0 Å². The molecule has 0 heterocycles. The van der Waals surface area contributed by atoms with Crippen molar-refractivity contribution in [3.63, 3.8) is 0 Å². The van der Waals surface area contributed by atoms with Crippen molar-refractivity contribution in [2.24, 2.45) is 0 Å². The summed E-state index contributed by atoms with van der Waals surface area (Å²) < 4.78 is 43.7. The van der Waals surface area contributed by atoms with Gasteiger partial charge in [0.15, 0.2) is 0 Å². The molecule has 0 N–H and O–H groups in total. The summed E-state index contributed by atoms with van der Waals surface area (Å²) in [6, 6.07) is 0.655. The van der Waals surface area contributed by atoms with E-state index in [-0.39, 0.29) is 23.7 Å². The number of hydrogen-bond donors (Lipinski definition) is 0. The summed E-state index contributed by atoms with van der Waals surface area (Å²) in [5, 5.41) is 0. The predicted octanol–water partition coefficient (Wildman–Crippen LogP) is 2.30. The highest BCUT2D eigenvalue weighted by Gasteiger charge is 1.79. The van der Waals surface area contributed by atoms with Gasteiger partial charge in [-0.1, -0.05) is 35.3 Å². The number of benzene rings is 1. The summed E-state index contributed by atoms with van der Waals surface area (Å²) in [6.45, 7) is -0.887. The Balaban J connectivity index is 3.49. The molecule has 0 aliphatic heterocycles. The highest BCUT2D eigenvalue weighted by atomic mass is 13.9. The molecule has 0 amide bonds. The molecule has 0 heteroatoms. The zero-order chi connectivity index (χ0) is 11.1. The molecule has 0 unspecified atom stereocenters. The maximum atomic E-state index is 7.46. The minimum absolute atomic E-state index is 0.00266. The first kappa shape index (κ1) is 1.60. The van der Waals surface area contributed by atoms with E-state index < -0.39 is 6.85 Å². The summed E-state index contributed by atoms with van der Waals surface area (Å²) in [4.78, 5) is 0. The van der Waals surface area contributed by atoms with Gasteiger partial charge in [0.05, 0.1) is 4.11 Å². The fourth-order valence-electron chi connectivity index (χ4n) is 0.414. The molecule has 0 bridgehead atoms. The second kappa shape index (κ2) is 1.99. The Hall–Kier alpha value is -0.780. The van der Waals surface area contributed by atoms with E-state index in [1.165, 1.54) is 6.92 Å². The Morgan fingerprint density at radius 2 is 2.12 bits per heavy atom. The largest absolute Gasteiger partial charge is 0.0626 e. The molecule has 0 spiro atoms. The van der Waals surface area contributed by atoms with Crippen molar-refractivity contribution in [3.8, 4) is 0 Å². The van der Waals surface area contributed by atoms with E-state index in [0.717, 1.165) is 6.07 Å². The van der Waals surface area contributed by atoms with Crippen molar-refractivity contribution in [1.29, 1.82) is 0 Å². The van der Waals surface area contributed by atoms with Gasteiger partial charge in [-0.05, 0) is 13.8 Å². The van der Waals surface area contributed by atoms with Crippen LogP contribution in [0.2, 0.25) is 0 Å². The second-order valence-electron chi connectivity index (χ2n) is 1.58. The van der Waals surface area contributed by atoms with E-state index in [9.17, 15) is 0 Å². The molecule has 0 fully saturated rings. The average molecular weight is 112 g/mol. The number of aryl methyl sites for hydroxylation is 1. The van der Waals surface area contributed by atoms with Gasteiger partial charge >= 0.3 is 0 Å². The maximum Gasteiger partial charge on any atom is 0.0626 e. The van der Waals surface area contributed by atoms with E-state index in [1.54, 1.807) is 0 Å². The molecule has 0 radical (unpaired) electrons. The van der Waals surface area contributed by atoms with Gasteiger partial charge in [0.2, 0.25) is 0 Å². The van der Waals surface area contributed by atoms with Crippen molar-refractivity contribution < 1.29 is 8.22 Å². The fourth-order valence-corrected chi connectivity index (χ4v) is 0.414. The Kier molecular flexibility index (Phi) is 0.398. The van der Waals surface area contributed by atoms with Crippen LogP contribution in [0, 0.1) is 13.8 Å². The maximum absolute atomic E-state index is 7.46. The van der Waals surface area contributed by atoms with Crippen molar-refractivity contribution >= 4 is 0 Å². The van der Waals surface area contributed by atoms with Gasteiger partial charge < -0.3 is 0 Å². The lowest BCUT2D eigenvalue weighted by atomic mass is 10.2. The first-order valence-electron chi connectivity index (χ1n) is 5.33. The highest BCUT2D eigenvalue weighted by molar-refractivity contribution is 5.19. The number of hydrogen-bond acceptors (Lipinski definition) is 0. The van der Waals surface area contributed by atoms with E-state index in [4.69, 9.17) is 8.22 Å². The van der Waals surface area contributed by atoms with Gasteiger partial charge in [0.25, 0.3) is 0 Å². The summed E-state index contributed by atoms with van der Waals surface area (Å²) in [6.07, 6.45) is 0. The minimum atomic E-state index is -2.42. The normalized spacial score (nSPS) is 21.6. The fraction of sp³-hybridized carbons (Fsp3) is 0.250. The summed E-state index contributed by atoms with van der Waals surface area (Å²) >= 11 is 0. The van der Waals surface area contributed by atoms with Gasteiger partial charge in [-0.2, -0.15) is 0 Å². The van der Waals surface area contributed by atoms with Crippen molar-refractivity contribution in [2.75, 3.05) is 0 Å². The van der Waals surface area contributed by atoms with Crippen LogP contribution in [0.4, 0.5) is 0 Å². The van der Waals surface area contributed by atoms with Crippen LogP contribution in [0.25, 0.3) is 0 Å². The van der Waals surface area contributed by atoms with Gasteiger partial charge in [-0.15, -0.1) is 0 Å². The van der Waals surface area contributed by atoms with Gasteiger partial charge in [-0.3, -0.25) is 0 Å². The molecule has 1 rings (SSSR count). The smallest absolute Gasteiger partial charge is 0.0591 e. The van der Waals surface area contributed by atoms with Crippen LogP contribution in [0.3, 0.4) is 0 Å². The SMILES string of the molecule is [2H]c1cc(C([2H])([2H])[2H])c([2H])c([2H])c1C. The van der Waals surface area contributed by atoms with E-state index in [0.29, 0.717) is 5.56 Å². The van der Waals surface area contributed by atoms with Gasteiger partial charge in [0, 0.05) is 4.11 Å². The molecule has 1 aromatic carbocycles. The molecule has 1 aromatic rings. The summed E-state index contributed by atoms with van der Waals surface area (Å²) in [5.74, 6) is 0. The summed E-state index contributed by atoms with van der Waals surface area (Å²) in [5.41, 5.74) is 0.112. The van der Waals surface area contributed by atoms with Crippen molar-refractivity contribution in [1.82, 2.24) is 0 Å². The molecular formula is C8H10. The van der Waals surface area contributed by atoms with Crippen LogP contribution in [0.1, 0.15) is 19.4 Å². The molecule has 0 aliphatic rings. The Labute approximate surface area is 58.6 Å². The lowest BCUT2D eigenvalue weighted by Gasteiger charge is -1.90. The monoisotopic (exact) mass is 112 g/mol. The molecule has 8 heavy (non-hydrogen) atoms. The third-order valence-corrected chi connectivity index (χ3v) is 0.818. The van der Waals surface area contributed by atoms with Crippen LogP contribution in [0.5, 0.6) is 0 Å². The lowest BCUT2D eigenvalue weighted by Crippen LogP contribution is -1.70. The van der Waals surface area contributed by atoms with Gasteiger partial charge in [-0.25, -0.2) is 0 Å². The average Bonchev–Trinajstić information content (AvgIpc) is 2.06. The van der Waals surface area contributed by atoms with Crippen molar-refractivity contribution in [3.05, 3.63) is 35.3 Å². The third-order valence-electron chi connectivity index (χ3n) is 0.818. The van der Waals surface area contributed by atoms with E-state index in [2.05, 4.69) is 0 Å². The summed E-state index contributed by atoms with van der Waals surface area (Å²) in [7, 11) is 0. The van der Waals surface area contributed by atoms with E-state index in [1.807, 2.05) is 0 Å². The van der Waals surface area contributed by atoms with Gasteiger partial charge in [0.1, 0.15) is 0 Å². The number of rotatable bonds is 0. The zero-order valence-corrected chi connectivity index (χ0v) is 4.58. The molecule has 0 atom stereocenters. The standard InChI is InChI=1S/C8H10/c1-7-3-5-8(2)6-4-7/h3-6H,1-2H3/i1D3,3D,5D,6D. The Morgan fingerprint density at radius 3 is 2.88 bits per heavy atom. The first-order valence-corrected chi connectivity index (χ1v) is 2.33. The quantitative estimate of drug-likeness (QED) is 0.483. The van der Waals surface area contributed by atoms with Crippen LogP contribution in [0.15, 0.2) is 24.2 Å². The van der Waals surface area contributed by atoms with Crippen LogP contribution in [-0.4, -0.2) is 0 Å². The topological polar surface area (TPSA) is 0 Å².